The van der Waals surface area contributed by atoms with Crippen molar-refractivity contribution >= 4 is 11.9 Å². The first-order valence-corrected chi connectivity index (χ1v) is 6.79. The monoisotopic (exact) mass is 293 g/mol. The first-order chi connectivity index (χ1) is 10.0. The Kier molecular flexibility index (Phi) is 4.93. The maximum Gasteiger partial charge on any atom is 0.321 e. The zero-order valence-corrected chi connectivity index (χ0v) is 11.8. The zero-order chi connectivity index (χ0) is 15.4. The molecule has 114 valence electrons. The molecule has 1 heterocycles. The lowest BCUT2D eigenvalue weighted by Gasteiger charge is -2.40. The van der Waals surface area contributed by atoms with Crippen LogP contribution in [0.4, 0.5) is 0 Å². The van der Waals surface area contributed by atoms with Crippen LogP contribution in [0.1, 0.15) is 12.0 Å². The number of piperidine rings is 1. The molecule has 6 nitrogen and oxygen atoms in total. The number of benzene rings is 1. The molecule has 2 rings (SSSR count). The van der Waals surface area contributed by atoms with Crippen LogP contribution in [0.15, 0.2) is 30.3 Å². The fourth-order valence-corrected chi connectivity index (χ4v) is 2.83. The van der Waals surface area contributed by atoms with E-state index in [2.05, 4.69) is 0 Å². The van der Waals surface area contributed by atoms with Gasteiger partial charge in [-0.25, -0.2) is 0 Å². The summed E-state index contributed by atoms with van der Waals surface area (Å²) in [5.41, 5.74) is 0.949. The normalized spacial score (nSPS) is 26.4. The highest BCUT2D eigenvalue weighted by atomic mass is 16.5. The van der Waals surface area contributed by atoms with Gasteiger partial charge in [-0.3, -0.25) is 14.5 Å². The van der Waals surface area contributed by atoms with Crippen LogP contribution in [0.5, 0.6) is 0 Å². The molecule has 1 saturated heterocycles. The van der Waals surface area contributed by atoms with E-state index >= 15 is 0 Å². The summed E-state index contributed by atoms with van der Waals surface area (Å²) in [6, 6.07) is 8.38. The third-order valence-electron chi connectivity index (χ3n) is 3.86. The Hall–Kier alpha value is -1.92. The Morgan fingerprint density at radius 1 is 1.24 bits per heavy atom. The smallest absolute Gasteiger partial charge is 0.321 e. The van der Waals surface area contributed by atoms with E-state index in [0.717, 1.165) is 5.56 Å². The highest BCUT2D eigenvalue weighted by Gasteiger charge is 2.44. The van der Waals surface area contributed by atoms with Crippen LogP contribution in [0.25, 0.3) is 0 Å². The van der Waals surface area contributed by atoms with Gasteiger partial charge in [0, 0.05) is 20.2 Å². The second-order valence-corrected chi connectivity index (χ2v) is 5.24. The Morgan fingerprint density at radius 2 is 1.90 bits per heavy atom. The Bertz CT molecular complexity index is 504. The van der Waals surface area contributed by atoms with Crippen LogP contribution in [0, 0.1) is 5.92 Å². The van der Waals surface area contributed by atoms with Gasteiger partial charge in [0.15, 0.2) is 0 Å². The molecular formula is C15H19NO5. The molecule has 1 aromatic carbocycles. The minimum absolute atomic E-state index is 0.216. The van der Waals surface area contributed by atoms with Gasteiger partial charge in [0.2, 0.25) is 0 Å². The highest BCUT2D eigenvalue weighted by molar-refractivity contribution is 5.83. The number of hydrogen-bond acceptors (Lipinski definition) is 4. The number of nitrogens with zero attached hydrogens (tertiary/aromatic N) is 1. The third-order valence-corrected chi connectivity index (χ3v) is 3.86. The minimum atomic E-state index is -1.10. The molecule has 1 aromatic rings. The molecule has 0 aromatic heterocycles. The molecule has 0 saturated carbocycles. The van der Waals surface area contributed by atoms with E-state index in [1.54, 1.807) is 4.90 Å². The number of ether oxygens (including phenoxy) is 1. The first kappa shape index (κ1) is 15.5. The molecule has 1 aliphatic rings. The Labute approximate surface area is 122 Å². The van der Waals surface area contributed by atoms with Crippen molar-refractivity contribution in [3.63, 3.8) is 0 Å². The molecule has 3 atom stereocenters. The molecule has 1 fully saturated rings. The van der Waals surface area contributed by atoms with Crippen molar-refractivity contribution in [2.24, 2.45) is 5.92 Å². The summed E-state index contributed by atoms with van der Waals surface area (Å²) < 4.78 is 5.27. The molecule has 1 aliphatic heterocycles. The SMILES string of the molecule is CO[C@H]1C[C@H](C(=O)O)[C@@H](C(=O)O)N(Cc2ccccc2)C1. The van der Waals surface area contributed by atoms with Crippen molar-refractivity contribution in [3.05, 3.63) is 35.9 Å². The number of methoxy groups -OCH3 is 1. The largest absolute Gasteiger partial charge is 0.481 e. The predicted octanol–water partition coefficient (Wildman–Crippen LogP) is 1.06. The fourth-order valence-electron chi connectivity index (χ4n) is 2.83. The van der Waals surface area contributed by atoms with Gasteiger partial charge in [0.1, 0.15) is 6.04 Å². The van der Waals surface area contributed by atoms with Crippen LogP contribution < -0.4 is 0 Å². The predicted molar refractivity (Wildman–Crippen MR) is 74.8 cm³/mol. The molecule has 21 heavy (non-hydrogen) atoms. The number of carboxylic acids is 2. The van der Waals surface area contributed by atoms with E-state index in [1.165, 1.54) is 7.11 Å². The summed E-state index contributed by atoms with van der Waals surface area (Å²) in [6.45, 7) is 0.799. The van der Waals surface area contributed by atoms with Gasteiger partial charge in [-0.05, 0) is 12.0 Å². The minimum Gasteiger partial charge on any atom is -0.481 e. The van der Waals surface area contributed by atoms with Gasteiger partial charge < -0.3 is 14.9 Å². The zero-order valence-electron chi connectivity index (χ0n) is 11.8. The second kappa shape index (κ2) is 6.69. The molecule has 6 heteroatoms. The van der Waals surface area contributed by atoms with Crippen molar-refractivity contribution in [2.45, 2.75) is 25.1 Å². The molecule has 0 bridgehead atoms. The van der Waals surface area contributed by atoms with Gasteiger partial charge in [-0.1, -0.05) is 30.3 Å². The molecule has 0 unspecified atom stereocenters. The lowest BCUT2D eigenvalue weighted by atomic mass is 9.87. The molecule has 0 radical (unpaired) electrons. The Morgan fingerprint density at radius 3 is 2.43 bits per heavy atom. The lowest BCUT2D eigenvalue weighted by Crippen LogP contribution is -2.56. The van der Waals surface area contributed by atoms with Gasteiger partial charge >= 0.3 is 11.9 Å². The summed E-state index contributed by atoms with van der Waals surface area (Å²) in [7, 11) is 1.52. The fraction of sp³-hybridized carbons (Fsp3) is 0.467. The average Bonchev–Trinajstić information content (AvgIpc) is 2.47. The summed E-state index contributed by atoms with van der Waals surface area (Å²) >= 11 is 0. The quantitative estimate of drug-likeness (QED) is 0.844. The number of carbonyl (C=O) groups is 2. The van der Waals surface area contributed by atoms with Crippen LogP contribution in [0.3, 0.4) is 0 Å². The second-order valence-electron chi connectivity index (χ2n) is 5.24. The average molecular weight is 293 g/mol. The Balaban J connectivity index is 2.25. The van der Waals surface area contributed by atoms with E-state index in [0.29, 0.717) is 13.1 Å². The highest BCUT2D eigenvalue weighted by Crippen LogP contribution is 2.27. The molecule has 2 N–H and O–H groups in total. The number of carboxylic acid groups (broad SMARTS) is 2. The molecule has 0 spiro atoms. The van der Waals surface area contributed by atoms with Gasteiger partial charge in [-0.2, -0.15) is 0 Å². The van der Waals surface area contributed by atoms with Crippen LogP contribution in [0.2, 0.25) is 0 Å². The van der Waals surface area contributed by atoms with Crippen molar-refractivity contribution < 1.29 is 24.5 Å². The van der Waals surface area contributed by atoms with E-state index in [4.69, 9.17) is 4.74 Å². The van der Waals surface area contributed by atoms with Crippen LogP contribution in [-0.2, 0) is 20.9 Å². The summed E-state index contributed by atoms with van der Waals surface area (Å²) in [5, 5.41) is 18.7. The van der Waals surface area contributed by atoms with E-state index in [-0.39, 0.29) is 12.5 Å². The van der Waals surface area contributed by atoms with Crippen molar-refractivity contribution in [1.82, 2.24) is 4.90 Å². The van der Waals surface area contributed by atoms with Gasteiger partial charge in [-0.15, -0.1) is 0 Å². The summed E-state index contributed by atoms with van der Waals surface area (Å²) in [6.07, 6.45) is -0.0564. The van der Waals surface area contributed by atoms with E-state index < -0.39 is 23.9 Å². The maximum absolute atomic E-state index is 11.5. The standard InChI is InChI=1S/C15H19NO5/c1-21-11-7-12(14(17)18)13(15(19)20)16(9-11)8-10-5-3-2-4-6-10/h2-6,11-13H,7-9H2,1H3,(H,17,18)(H,19,20)/t11-,12-,13-/m0/s1. The topological polar surface area (TPSA) is 87.1 Å². The number of likely N-dealkylation sites (tertiary alicyclic amines) is 1. The van der Waals surface area contributed by atoms with Crippen LogP contribution >= 0.6 is 0 Å². The first-order valence-electron chi connectivity index (χ1n) is 6.79. The number of aliphatic carboxylic acids is 2. The van der Waals surface area contributed by atoms with Gasteiger partial charge in [0.25, 0.3) is 0 Å². The summed E-state index contributed by atoms with van der Waals surface area (Å²) in [4.78, 5) is 24.6. The summed E-state index contributed by atoms with van der Waals surface area (Å²) in [5.74, 6) is -3.17. The van der Waals surface area contributed by atoms with Crippen molar-refractivity contribution in [2.75, 3.05) is 13.7 Å². The van der Waals surface area contributed by atoms with Crippen LogP contribution in [-0.4, -0.2) is 52.9 Å². The van der Waals surface area contributed by atoms with E-state index in [1.807, 2.05) is 30.3 Å². The molecular weight excluding hydrogens is 274 g/mol. The van der Waals surface area contributed by atoms with Crippen molar-refractivity contribution in [3.8, 4) is 0 Å². The molecule has 0 aliphatic carbocycles. The van der Waals surface area contributed by atoms with Crippen molar-refractivity contribution in [1.29, 1.82) is 0 Å². The molecule has 0 amide bonds. The number of hydrogen-bond donors (Lipinski definition) is 2. The number of rotatable bonds is 5. The third kappa shape index (κ3) is 3.59. The lowest BCUT2D eigenvalue weighted by molar-refractivity contribution is -0.163. The van der Waals surface area contributed by atoms with E-state index in [9.17, 15) is 19.8 Å². The maximum atomic E-state index is 11.5. The van der Waals surface area contributed by atoms with Gasteiger partial charge in [0.05, 0.1) is 12.0 Å².